The molecule has 0 aromatic heterocycles. The van der Waals surface area contributed by atoms with Crippen LogP contribution in [0.15, 0.2) is 40.9 Å². The van der Waals surface area contributed by atoms with Gasteiger partial charge >= 0.3 is 0 Å². The second-order valence-corrected chi connectivity index (χ2v) is 12.0. The van der Waals surface area contributed by atoms with Crippen LogP contribution in [0.3, 0.4) is 0 Å². The van der Waals surface area contributed by atoms with Gasteiger partial charge in [0.05, 0.1) is 11.6 Å². The minimum Gasteiger partial charge on any atom is -0.493 e. The van der Waals surface area contributed by atoms with Crippen LogP contribution in [0, 0.1) is 30.1 Å². The van der Waals surface area contributed by atoms with Gasteiger partial charge in [-0.25, -0.2) is 0 Å². The van der Waals surface area contributed by atoms with Crippen molar-refractivity contribution >= 4 is 27.5 Å². The lowest BCUT2D eigenvalue weighted by Crippen LogP contribution is -2.54. The maximum absolute atomic E-state index is 12.4. The Hall–Kier alpha value is -2.05. The minimum absolute atomic E-state index is 0.0938. The van der Waals surface area contributed by atoms with Gasteiger partial charge in [0.1, 0.15) is 0 Å². The smallest absolute Gasteiger partial charge is 0.262 e. The first-order valence-electron chi connectivity index (χ1n) is 12.9. The second-order valence-electron chi connectivity index (χ2n) is 11.2. The quantitative estimate of drug-likeness (QED) is 0.382. The summed E-state index contributed by atoms with van der Waals surface area (Å²) in [5, 5.41) is 6.72. The first kappa shape index (κ1) is 24.6. The molecule has 4 saturated carbocycles. The summed E-state index contributed by atoms with van der Waals surface area (Å²) in [6, 6.07) is 12.3. The molecule has 6 rings (SSSR count). The first-order chi connectivity index (χ1) is 16.8. The number of ether oxygens (including phenoxy) is 2. The van der Waals surface area contributed by atoms with Crippen molar-refractivity contribution in [2.75, 3.05) is 19.0 Å². The number of aryl methyl sites for hydroxylation is 1. The van der Waals surface area contributed by atoms with Crippen molar-refractivity contribution in [3.8, 4) is 11.5 Å². The van der Waals surface area contributed by atoms with E-state index in [2.05, 4.69) is 39.6 Å². The number of carbonyl (C=O) groups excluding carboxylic acids is 1. The van der Waals surface area contributed by atoms with Crippen molar-refractivity contribution in [3.05, 3.63) is 52.0 Å². The molecule has 4 bridgehead atoms. The fraction of sp³-hybridized carbons (Fsp3) is 0.552. The molecule has 1 amide bonds. The average molecular weight is 542 g/mol. The third-order valence-electron chi connectivity index (χ3n) is 8.59. The zero-order chi connectivity index (χ0) is 24.6. The van der Waals surface area contributed by atoms with Crippen molar-refractivity contribution < 1.29 is 14.3 Å². The highest BCUT2D eigenvalue weighted by Crippen LogP contribution is 2.61. The van der Waals surface area contributed by atoms with E-state index in [9.17, 15) is 4.79 Å². The van der Waals surface area contributed by atoms with Crippen LogP contribution < -0.4 is 20.1 Å². The lowest BCUT2D eigenvalue weighted by atomic mass is 9.48. The molecule has 2 aromatic rings. The molecule has 4 fully saturated rings. The molecule has 5 nitrogen and oxygen atoms in total. The number of carbonyl (C=O) groups is 1. The maximum atomic E-state index is 12.4. The SMILES string of the molecule is COc1cc(CNC(C)C23CC4CC(CC(C4)C2)C3)cc(Br)c1OCC(=O)Nc1ccc(C)cc1. The summed E-state index contributed by atoms with van der Waals surface area (Å²) in [4.78, 5) is 12.4. The van der Waals surface area contributed by atoms with Crippen molar-refractivity contribution in [2.24, 2.45) is 23.2 Å². The third kappa shape index (κ3) is 5.39. The number of anilines is 1. The molecule has 35 heavy (non-hydrogen) atoms. The molecule has 0 saturated heterocycles. The summed E-state index contributed by atoms with van der Waals surface area (Å²) in [5.74, 6) is 3.84. The van der Waals surface area contributed by atoms with E-state index >= 15 is 0 Å². The largest absolute Gasteiger partial charge is 0.493 e. The third-order valence-corrected chi connectivity index (χ3v) is 9.18. The number of rotatable bonds is 9. The van der Waals surface area contributed by atoms with E-state index in [1.54, 1.807) is 7.11 Å². The van der Waals surface area contributed by atoms with E-state index in [-0.39, 0.29) is 12.5 Å². The van der Waals surface area contributed by atoms with Gasteiger partial charge in [-0.3, -0.25) is 4.79 Å². The minimum atomic E-state index is -0.210. The van der Waals surface area contributed by atoms with Crippen molar-refractivity contribution in [3.63, 3.8) is 0 Å². The molecule has 2 aromatic carbocycles. The molecule has 188 valence electrons. The number of halogens is 1. The van der Waals surface area contributed by atoms with E-state index in [0.29, 0.717) is 23.0 Å². The van der Waals surface area contributed by atoms with Crippen LogP contribution in [0.25, 0.3) is 0 Å². The standard InChI is InChI=1S/C29H37BrN2O3/c1-18-4-6-24(7-5-18)32-27(33)17-35-28-25(30)11-23(12-26(28)34-3)16-31-19(2)29-13-20-8-21(14-29)10-22(9-20)15-29/h4-7,11-12,19-22,31H,8-10,13-17H2,1-3H3,(H,32,33). The van der Waals surface area contributed by atoms with Crippen LogP contribution in [0.5, 0.6) is 11.5 Å². The molecule has 4 aliphatic rings. The van der Waals surface area contributed by atoms with E-state index in [1.165, 1.54) is 38.5 Å². The lowest BCUT2D eigenvalue weighted by Gasteiger charge is -2.59. The highest BCUT2D eigenvalue weighted by Gasteiger charge is 2.52. The molecule has 2 N–H and O–H groups in total. The summed E-state index contributed by atoms with van der Waals surface area (Å²) in [7, 11) is 1.64. The maximum Gasteiger partial charge on any atom is 0.262 e. The topological polar surface area (TPSA) is 59.6 Å². The van der Waals surface area contributed by atoms with Gasteiger partial charge in [-0.1, -0.05) is 17.7 Å². The van der Waals surface area contributed by atoms with Gasteiger partial charge in [-0.2, -0.15) is 0 Å². The highest BCUT2D eigenvalue weighted by atomic mass is 79.9. The van der Waals surface area contributed by atoms with Gasteiger partial charge in [-0.15, -0.1) is 0 Å². The predicted octanol–water partition coefficient (Wildman–Crippen LogP) is 6.48. The highest BCUT2D eigenvalue weighted by molar-refractivity contribution is 9.10. The van der Waals surface area contributed by atoms with Crippen LogP contribution in [0.4, 0.5) is 5.69 Å². The summed E-state index contributed by atoms with van der Waals surface area (Å²) < 4.78 is 12.3. The van der Waals surface area contributed by atoms with E-state index in [1.807, 2.05) is 37.3 Å². The molecular weight excluding hydrogens is 504 g/mol. The zero-order valence-electron chi connectivity index (χ0n) is 21.0. The van der Waals surface area contributed by atoms with Crippen LogP contribution in [-0.2, 0) is 11.3 Å². The van der Waals surface area contributed by atoms with Gasteiger partial charge in [0, 0.05) is 18.3 Å². The van der Waals surface area contributed by atoms with Crippen molar-refractivity contribution in [1.29, 1.82) is 0 Å². The van der Waals surface area contributed by atoms with Crippen LogP contribution in [-0.4, -0.2) is 25.7 Å². The fourth-order valence-corrected chi connectivity index (χ4v) is 7.79. The molecule has 1 unspecified atom stereocenters. The van der Waals surface area contributed by atoms with Crippen LogP contribution in [0.2, 0.25) is 0 Å². The van der Waals surface area contributed by atoms with Gasteiger partial charge < -0.3 is 20.1 Å². The summed E-state index contributed by atoms with van der Waals surface area (Å²) in [5.41, 5.74) is 3.52. The average Bonchev–Trinajstić information content (AvgIpc) is 2.82. The number of hydrogen-bond donors (Lipinski definition) is 2. The van der Waals surface area contributed by atoms with E-state index in [0.717, 1.165) is 45.6 Å². The second kappa shape index (κ2) is 10.1. The molecule has 1 atom stereocenters. The lowest BCUT2D eigenvalue weighted by molar-refractivity contribution is -0.118. The van der Waals surface area contributed by atoms with Crippen molar-refractivity contribution in [2.45, 2.75) is 65.0 Å². The molecular formula is C29H37BrN2O3. The number of hydrogen-bond acceptors (Lipinski definition) is 4. The Kier molecular flexibility index (Phi) is 7.13. The number of benzene rings is 2. The first-order valence-corrected chi connectivity index (χ1v) is 13.7. The Bertz CT molecular complexity index is 1030. The summed E-state index contributed by atoms with van der Waals surface area (Å²) >= 11 is 3.64. The number of nitrogens with one attached hydrogen (secondary N) is 2. The molecule has 0 radical (unpaired) electrons. The molecule has 0 spiro atoms. The van der Waals surface area contributed by atoms with Gasteiger partial charge in [0.25, 0.3) is 5.91 Å². The molecule has 0 aliphatic heterocycles. The van der Waals surface area contributed by atoms with Gasteiger partial charge in [0.2, 0.25) is 0 Å². The molecule has 6 heteroatoms. The normalized spacial score (nSPS) is 27.5. The Morgan fingerprint density at radius 2 is 1.71 bits per heavy atom. The fourth-order valence-electron chi connectivity index (χ4n) is 7.18. The Labute approximate surface area is 217 Å². The van der Waals surface area contributed by atoms with Crippen LogP contribution >= 0.6 is 15.9 Å². The van der Waals surface area contributed by atoms with Gasteiger partial charge in [0.15, 0.2) is 18.1 Å². The number of methoxy groups -OCH3 is 1. The van der Waals surface area contributed by atoms with Crippen molar-refractivity contribution in [1.82, 2.24) is 5.32 Å². The Balaban J connectivity index is 1.19. The zero-order valence-corrected chi connectivity index (χ0v) is 22.6. The van der Waals surface area contributed by atoms with E-state index < -0.39 is 0 Å². The number of amides is 1. The summed E-state index contributed by atoms with van der Waals surface area (Å²) in [6.07, 6.45) is 8.62. The Morgan fingerprint density at radius 3 is 2.31 bits per heavy atom. The molecule has 4 aliphatic carbocycles. The Morgan fingerprint density at radius 1 is 1.09 bits per heavy atom. The molecule has 0 heterocycles. The summed E-state index contributed by atoms with van der Waals surface area (Å²) in [6.45, 7) is 5.10. The monoisotopic (exact) mass is 540 g/mol. The predicted molar refractivity (Wildman–Crippen MR) is 143 cm³/mol. The van der Waals surface area contributed by atoms with E-state index in [4.69, 9.17) is 9.47 Å². The van der Waals surface area contributed by atoms with Gasteiger partial charge in [-0.05, 0) is 121 Å². The van der Waals surface area contributed by atoms with Crippen LogP contribution in [0.1, 0.15) is 56.6 Å².